The Morgan fingerprint density at radius 1 is 1.41 bits per heavy atom. The maximum Gasteiger partial charge on any atom is 0.339 e. The van der Waals surface area contributed by atoms with Crippen LogP contribution in [-0.4, -0.2) is 42.6 Å². The smallest absolute Gasteiger partial charge is 0.339 e. The van der Waals surface area contributed by atoms with E-state index < -0.39 is 24.1 Å². The summed E-state index contributed by atoms with van der Waals surface area (Å²) >= 11 is 0. The highest BCUT2D eigenvalue weighted by Crippen LogP contribution is 2.22. The monoisotopic (exact) mass is 241 g/mol. The maximum atomic E-state index is 13.3. The van der Waals surface area contributed by atoms with Crippen molar-refractivity contribution in [3.8, 4) is 5.75 Å². The van der Waals surface area contributed by atoms with Crippen molar-refractivity contribution in [1.82, 2.24) is 4.90 Å². The van der Waals surface area contributed by atoms with Crippen LogP contribution in [0.2, 0.25) is 0 Å². The number of likely N-dealkylation sites (N-methyl/N-ethyl adjacent to an activating group) is 1. The molecule has 0 bridgehead atoms. The summed E-state index contributed by atoms with van der Waals surface area (Å²) in [6, 6.07) is 3.54. The second-order valence-corrected chi connectivity index (χ2v) is 3.50. The van der Waals surface area contributed by atoms with Gasteiger partial charge in [0.05, 0.1) is 0 Å². The molecule has 5 nitrogen and oxygen atoms in total. The molecular formula is C11H12FNO4. The van der Waals surface area contributed by atoms with Crippen LogP contribution >= 0.6 is 0 Å². The maximum absolute atomic E-state index is 13.3. The van der Waals surface area contributed by atoms with Crippen molar-refractivity contribution >= 4 is 11.9 Å². The predicted octanol–water partition coefficient (Wildman–Crippen LogP) is 0.991. The average molecular weight is 241 g/mol. The molecule has 0 heterocycles. The van der Waals surface area contributed by atoms with Gasteiger partial charge in [0.25, 0.3) is 5.91 Å². The highest BCUT2D eigenvalue weighted by Gasteiger charge is 2.17. The Kier molecular flexibility index (Phi) is 4.03. The topological polar surface area (TPSA) is 66.8 Å². The quantitative estimate of drug-likeness (QED) is 0.853. The van der Waals surface area contributed by atoms with Gasteiger partial charge >= 0.3 is 5.97 Å². The Bertz CT molecular complexity index is 445. The molecule has 0 spiro atoms. The number of para-hydroxylation sites is 1. The fraction of sp³-hybridized carbons (Fsp3) is 0.273. The third kappa shape index (κ3) is 3.17. The molecule has 0 unspecified atom stereocenters. The van der Waals surface area contributed by atoms with E-state index in [4.69, 9.17) is 9.84 Å². The first kappa shape index (κ1) is 13.0. The molecule has 1 N–H and O–H groups in total. The summed E-state index contributed by atoms with van der Waals surface area (Å²) < 4.78 is 18.3. The summed E-state index contributed by atoms with van der Waals surface area (Å²) in [5.74, 6) is -2.92. The van der Waals surface area contributed by atoms with Crippen LogP contribution in [0.25, 0.3) is 0 Å². The van der Waals surface area contributed by atoms with Gasteiger partial charge in [0.1, 0.15) is 5.56 Å². The highest BCUT2D eigenvalue weighted by molar-refractivity contribution is 5.91. The van der Waals surface area contributed by atoms with Crippen molar-refractivity contribution in [2.45, 2.75) is 0 Å². The third-order valence-corrected chi connectivity index (χ3v) is 2.04. The number of ether oxygens (including phenoxy) is 1. The SMILES string of the molecule is CN(C)C(=O)COc1c(F)cccc1C(=O)O. The van der Waals surface area contributed by atoms with Gasteiger partial charge in [-0.2, -0.15) is 0 Å². The molecule has 0 fully saturated rings. The molecule has 0 saturated carbocycles. The molecule has 0 atom stereocenters. The lowest BCUT2D eigenvalue weighted by Gasteiger charge is -2.13. The third-order valence-electron chi connectivity index (χ3n) is 2.04. The molecule has 1 aromatic rings. The molecule has 0 aliphatic heterocycles. The number of carbonyl (C=O) groups excluding carboxylic acids is 1. The number of hydrogen-bond acceptors (Lipinski definition) is 3. The van der Waals surface area contributed by atoms with E-state index in [1.807, 2.05) is 0 Å². The van der Waals surface area contributed by atoms with E-state index in [1.54, 1.807) is 0 Å². The van der Waals surface area contributed by atoms with Crippen molar-refractivity contribution in [2.24, 2.45) is 0 Å². The van der Waals surface area contributed by atoms with Crippen LogP contribution in [0.3, 0.4) is 0 Å². The number of carboxylic acid groups (broad SMARTS) is 1. The van der Waals surface area contributed by atoms with Gasteiger partial charge in [0.15, 0.2) is 18.2 Å². The van der Waals surface area contributed by atoms with E-state index in [2.05, 4.69) is 0 Å². The first-order valence-corrected chi connectivity index (χ1v) is 4.78. The van der Waals surface area contributed by atoms with Gasteiger partial charge in [0, 0.05) is 14.1 Å². The van der Waals surface area contributed by atoms with Gasteiger partial charge in [-0.15, -0.1) is 0 Å². The summed E-state index contributed by atoms with van der Waals surface area (Å²) in [6.45, 7) is -0.409. The second kappa shape index (κ2) is 5.29. The van der Waals surface area contributed by atoms with Crippen LogP contribution < -0.4 is 4.74 Å². The molecule has 0 aliphatic carbocycles. The molecule has 0 aliphatic rings. The van der Waals surface area contributed by atoms with Gasteiger partial charge < -0.3 is 14.7 Å². The molecule has 1 rings (SSSR count). The van der Waals surface area contributed by atoms with Crippen molar-refractivity contribution in [1.29, 1.82) is 0 Å². The standard InChI is InChI=1S/C11H12FNO4/c1-13(2)9(14)6-17-10-7(11(15)16)4-3-5-8(10)12/h3-5H,6H2,1-2H3,(H,15,16). The Morgan fingerprint density at radius 3 is 2.59 bits per heavy atom. The minimum absolute atomic E-state index is 0.309. The number of amides is 1. The Morgan fingerprint density at radius 2 is 2.06 bits per heavy atom. The predicted molar refractivity (Wildman–Crippen MR) is 57.5 cm³/mol. The number of carboxylic acids is 1. The van der Waals surface area contributed by atoms with Crippen molar-refractivity contribution in [3.05, 3.63) is 29.6 Å². The van der Waals surface area contributed by atoms with E-state index in [-0.39, 0.29) is 11.5 Å². The number of carbonyl (C=O) groups is 2. The summed E-state index contributed by atoms with van der Waals surface area (Å²) in [7, 11) is 3.04. The summed E-state index contributed by atoms with van der Waals surface area (Å²) in [4.78, 5) is 23.3. The second-order valence-electron chi connectivity index (χ2n) is 3.50. The van der Waals surface area contributed by atoms with Crippen molar-refractivity contribution < 1.29 is 23.8 Å². The molecular weight excluding hydrogens is 229 g/mol. The fourth-order valence-electron chi connectivity index (χ4n) is 1.09. The Balaban J connectivity index is 2.90. The molecule has 6 heteroatoms. The number of hydrogen-bond donors (Lipinski definition) is 1. The van der Waals surface area contributed by atoms with E-state index in [0.29, 0.717) is 0 Å². The van der Waals surface area contributed by atoms with Crippen LogP contribution in [0.15, 0.2) is 18.2 Å². The lowest BCUT2D eigenvalue weighted by Crippen LogP contribution is -2.28. The minimum atomic E-state index is -1.31. The average Bonchev–Trinajstić information content (AvgIpc) is 2.26. The lowest BCUT2D eigenvalue weighted by atomic mass is 10.2. The van der Waals surface area contributed by atoms with Gasteiger partial charge in [-0.3, -0.25) is 4.79 Å². The first-order valence-electron chi connectivity index (χ1n) is 4.78. The van der Waals surface area contributed by atoms with E-state index in [0.717, 1.165) is 6.07 Å². The molecule has 0 saturated heterocycles. The minimum Gasteiger partial charge on any atom is -0.480 e. The first-order chi connectivity index (χ1) is 7.93. The molecule has 0 aromatic heterocycles. The number of benzene rings is 1. The zero-order valence-corrected chi connectivity index (χ0v) is 9.44. The number of aromatic carboxylic acids is 1. The van der Waals surface area contributed by atoms with Crippen LogP contribution in [0.1, 0.15) is 10.4 Å². The van der Waals surface area contributed by atoms with E-state index >= 15 is 0 Å². The Labute approximate surface area is 97.4 Å². The highest BCUT2D eigenvalue weighted by atomic mass is 19.1. The van der Waals surface area contributed by atoms with Gasteiger partial charge in [0.2, 0.25) is 0 Å². The summed E-state index contributed by atoms with van der Waals surface area (Å²) in [5.41, 5.74) is -0.309. The van der Waals surface area contributed by atoms with E-state index in [1.165, 1.54) is 31.1 Å². The summed E-state index contributed by atoms with van der Waals surface area (Å²) in [5, 5.41) is 8.82. The molecule has 1 amide bonds. The van der Waals surface area contributed by atoms with E-state index in [9.17, 15) is 14.0 Å². The fourth-order valence-corrected chi connectivity index (χ4v) is 1.09. The van der Waals surface area contributed by atoms with Crippen molar-refractivity contribution in [2.75, 3.05) is 20.7 Å². The number of nitrogens with zero attached hydrogens (tertiary/aromatic N) is 1. The van der Waals surface area contributed by atoms with Crippen LogP contribution in [0, 0.1) is 5.82 Å². The largest absolute Gasteiger partial charge is 0.480 e. The van der Waals surface area contributed by atoms with Crippen LogP contribution in [-0.2, 0) is 4.79 Å². The number of rotatable bonds is 4. The van der Waals surface area contributed by atoms with Crippen LogP contribution in [0.4, 0.5) is 4.39 Å². The normalized spacial score (nSPS) is 9.82. The van der Waals surface area contributed by atoms with Gasteiger partial charge in [-0.25, -0.2) is 9.18 Å². The van der Waals surface area contributed by atoms with Crippen molar-refractivity contribution in [3.63, 3.8) is 0 Å². The number of halogens is 1. The van der Waals surface area contributed by atoms with Gasteiger partial charge in [-0.05, 0) is 12.1 Å². The molecule has 0 radical (unpaired) electrons. The van der Waals surface area contributed by atoms with Crippen LogP contribution in [0.5, 0.6) is 5.75 Å². The zero-order chi connectivity index (χ0) is 13.0. The summed E-state index contributed by atoms with van der Waals surface area (Å²) in [6.07, 6.45) is 0. The lowest BCUT2D eigenvalue weighted by molar-refractivity contribution is -0.130. The van der Waals surface area contributed by atoms with Gasteiger partial charge in [-0.1, -0.05) is 6.07 Å². The Hall–Kier alpha value is -2.11. The molecule has 92 valence electrons. The molecule has 17 heavy (non-hydrogen) atoms. The molecule has 1 aromatic carbocycles. The zero-order valence-electron chi connectivity index (χ0n) is 9.44.